The van der Waals surface area contributed by atoms with Crippen molar-refractivity contribution in [1.29, 1.82) is 0 Å². The Hall–Kier alpha value is 0. The summed E-state index contributed by atoms with van der Waals surface area (Å²) in [7, 11) is 0. The van der Waals surface area contributed by atoms with Gasteiger partial charge in [-0.2, -0.15) is 0 Å². The summed E-state index contributed by atoms with van der Waals surface area (Å²) in [4.78, 5) is 0. The lowest BCUT2D eigenvalue weighted by molar-refractivity contribution is 0.390. The summed E-state index contributed by atoms with van der Waals surface area (Å²) >= 11 is 0. The maximum Gasteiger partial charge on any atom is -0.0443 e. The second-order valence-electron chi connectivity index (χ2n) is 11.1. The van der Waals surface area contributed by atoms with Gasteiger partial charge < -0.3 is 0 Å². The van der Waals surface area contributed by atoms with Crippen LogP contribution in [0.25, 0.3) is 0 Å². The van der Waals surface area contributed by atoms with Gasteiger partial charge in [-0.3, -0.25) is 0 Å². The van der Waals surface area contributed by atoms with E-state index in [9.17, 15) is 0 Å². The molecule has 0 radical (unpaired) electrons. The van der Waals surface area contributed by atoms with Crippen molar-refractivity contribution in [3.63, 3.8) is 0 Å². The third kappa shape index (κ3) is 26.1. The van der Waals surface area contributed by atoms with E-state index in [1.54, 1.807) is 0 Å². The zero-order chi connectivity index (χ0) is 22.8. The first-order chi connectivity index (χ1) is 15.2. The van der Waals surface area contributed by atoms with Crippen LogP contribution in [0.4, 0.5) is 0 Å². The molecule has 0 fully saturated rings. The van der Waals surface area contributed by atoms with E-state index in [2.05, 4.69) is 27.7 Å². The minimum absolute atomic E-state index is 0.957. The molecular weight excluding hydrogens is 372 g/mol. The van der Waals surface area contributed by atoms with Gasteiger partial charge in [-0.1, -0.05) is 188 Å². The predicted molar refractivity (Wildman–Crippen MR) is 145 cm³/mol. The van der Waals surface area contributed by atoms with Crippen LogP contribution in [0.3, 0.4) is 0 Å². The fourth-order valence-corrected chi connectivity index (χ4v) is 5.06. The zero-order valence-corrected chi connectivity index (χ0v) is 22.8. The van der Waals surface area contributed by atoms with Crippen molar-refractivity contribution in [3.05, 3.63) is 0 Å². The topological polar surface area (TPSA) is 0 Å². The molecule has 0 bridgehead atoms. The Morgan fingerprint density at radius 3 is 0.806 bits per heavy atom. The SMILES string of the molecule is CCCCCCCCCCCCCCCCC(C)CCCC(C)CCCCCCCC. The maximum absolute atomic E-state index is 2.50. The molecule has 31 heavy (non-hydrogen) atoms. The highest BCUT2D eigenvalue weighted by atomic mass is 14.1. The monoisotopic (exact) mass is 437 g/mol. The Morgan fingerprint density at radius 2 is 0.516 bits per heavy atom. The molecule has 0 aromatic heterocycles. The molecule has 0 aliphatic heterocycles. The minimum Gasteiger partial charge on any atom is -0.0654 e. The first-order valence-electron chi connectivity index (χ1n) is 15.2. The first kappa shape index (κ1) is 31.0. The van der Waals surface area contributed by atoms with Crippen molar-refractivity contribution in [2.24, 2.45) is 11.8 Å². The molecule has 0 spiro atoms. The van der Waals surface area contributed by atoms with Crippen LogP contribution >= 0.6 is 0 Å². The molecule has 0 nitrogen and oxygen atoms in total. The molecule has 0 saturated heterocycles. The Morgan fingerprint density at radius 1 is 0.290 bits per heavy atom. The van der Waals surface area contributed by atoms with Crippen molar-refractivity contribution in [1.82, 2.24) is 0 Å². The Kier molecular flexibility index (Phi) is 26.3. The van der Waals surface area contributed by atoms with Gasteiger partial charge in [0.2, 0.25) is 0 Å². The van der Waals surface area contributed by atoms with Crippen LogP contribution in [0, 0.1) is 11.8 Å². The molecule has 0 aliphatic rings. The summed E-state index contributed by atoms with van der Waals surface area (Å²) in [5.74, 6) is 1.91. The van der Waals surface area contributed by atoms with Gasteiger partial charge in [0.1, 0.15) is 0 Å². The molecule has 0 aromatic rings. The Labute approximate surface area is 200 Å². The molecule has 0 heterocycles. The quantitative estimate of drug-likeness (QED) is 0.118. The third-order valence-corrected chi connectivity index (χ3v) is 7.49. The lowest BCUT2D eigenvalue weighted by atomic mass is 9.92. The van der Waals surface area contributed by atoms with Crippen LogP contribution in [-0.4, -0.2) is 0 Å². The highest BCUT2D eigenvalue weighted by molar-refractivity contribution is 4.59. The van der Waals surface area contributed by atoms with E-state index in [0.717, 1.165) is 11.8 Å². The fourth-order valence-electron chi connectivity index (χ4n) is 5.06. The summed E-state index contributed by atoms with van der Waals surface area (Å²) in [6.07, 6.45) is 36.6. The molecule has 0 aliphatic carbocycles. The third-order valence-electron chi connectivity index (χ3n) is 7.49. The summed E-state index contributed by atoms with van der Waals surface area (Å²) in [5, 5.41) is 0. The lowest BCUT2D eigenvalue weighted by Crippen LogP contribution is -1.99. The Bertz CT molecular complexity index is 307. The standard InChI is InChI=1S/C31H64/c1-5-7-9-11-13-14-15-16-17-18-19-20-22-24-27-31(4)29-25-28-30(3)26-23-21-12-10-8-6-2/h30-31H,5-29H2,1-4H3. The molecule has 0 N–H and O–H groups in total. The average molecular weight is 437 g/mol. The van der Waals surface area contributed by atoms with Crippen LogP contribution in [0.1, 0.15) is 188 Å². The number of hydrogen-bond donors (Lipinski definition) is 0. The fraction of sp³-hybridized carbons (Fsp3) is 1.00. The van der Waals surface area contributed by atoms with Gasteiger partial charge in [0.05, 0.1) is 0 Å². The summed E-state index contributed by atoms with van der Waals surface area (Å²) in [6, 6.07) is 0. The van der Waals surface area contributed by atoms with Gasteiger partial charge >= 0.3 is 0 Å². The smallest absolute Gasteiger partial charge is 0.0443 e. The van der Waals surface area contributed by atoms with Crippen LogP contribution < -0.4 is 0 Å². The number of hydrogen-bond acceptors (Lipinski definition) is 0. The van der Waals surface area contributed by atoms with Crippen LogP contribution in [0.2, 0.25) is 0 Å². The number of rotatable bonds is 26. The molecular formula is C31H64. The lowest BCUT2D eigenvalue weighted by Gasteiger charge is -2.14. The number of unbranched alkanes of at least 4 members (excludes halogenated alkanes) is 18. The molecule has 2 atom stereocenters. The van der Waals surface area contributed by atoms with Gasteiger partial charge in [-0.15, -0.1) is 0 Å². The predicted octanol–water partition coefficient (Wildman–Crippen LogP) is 12.1. The largest absolute Gasteiger partial charge is 0.0654 e. The van der Waals surface area contributed by atoms with Crippen molar-refractivity contribution in [2.75, 3.05) is 0 Å². The van der Waals surface area contributed by atoms with E-state index in [4.69, 9.17) is 0 Å². The van der Waals surface area contributed by atoms with E-state index >= 15 is 0 Å². The van der Waals surface area contributed by atoms with Gasteiger partial charge in [-0.25, -0.2) is 0 Å². The normalized spacial score (nSPS) is 13.5. The zero-order valence-electron chi connectivity index (χ0n) is 22.8. The second-order valence-corrected chi connectivity index (χ2v) is 11.1. The molecule has 188 valence electrons. The highest BCUT2D eigenvalue weighted by Crippen LogP contribution is 2.22. The van der Waals surface area contributed by atoms with Crippen LogP contribution in [-0.2, 0) is 0 Å². The van der Waals surface area contributed by atoms with Crippen molar-refractivity contribution >= 4 is 0 Å². The molecule has 0 heteroatoms. The Balaban J connectivity index is 3.24. The molecule has 0 amide bonds. The van der Waals surface area contributed by atoms with E-state index < -0.39 is 0 Å². The molecule has 0 aromatic carbocycles. The van der Waals surface area contributed by atoms with Crippen molar-refractivity contribution in [3.8, 4) is 0 Å². The van der Waals surface area contributed by atoms with Gasteiger partial charge in [0, 0.05) is 0 Å². The van der Waals surface area contributed by atoms with Gasteiger partial charge in [0.15, 0.2) is 0 Å². The summed E-state index contributed by atoms with van der Waals surface area (Å²) in [6.45, 7) is 9.60. The van der Waals surface area contributed by atoms with Crippen molar-refractivity contribution in [2.45, 2.75) is 188 Å². The summed E-state index contributed by atoms with van der Waals surface area (Å²) in [5.41, 5.74) is 0. The van der Waals surface area contributed by atoms with Crippen LogP contribution in [0.15, 0.2) is 0 Å². The van der Waals surface area contributed by atoms with E-state index in [0.29, 0.717) is 0 Å². The maximum atomic E-state index is 2.50. The van der Waals surface area contributed by atoms with Crippen molar-refractivity contribution < 1.29 is 0 Å². The van der Waals surface area contributed by atoms with E-state index in [1.807, 2.05) is 0 Å². The van der Waals surface area contributed by atoms with E-state index in [-0.39, 0.29) is 0 Å². The minimum atomic E-state index is 0.957. The second kappa shape index (κ2) is 26.3. The first-order valence-corrected chi connectivity index (χ1v) is 15.2. The van der Waals surface area contributed by atoms with Gasteiger partial charge in [0.25, 0.3) is 0 Å². The molecule has 0 saturated carbocycles. The average Bonchev–Trinajstić information content (AvgIpc) is 2.76. The molecule has 2 unspecified atom stereocenters. The molecule has 0 rings (SSSR count). The van der Waals surface area contributed by atoms with Gasteiger partial charge in [-0.05, 0) is 11.8 Å². The summed E-state index contributed by atoms with van der Waals surface area (Å²) < 4.78 is 0. The van der Waals surface area contributed by atoms with Crippen LogP contribution in [0.5, 0.6) is 0 Å². The highest BCUT2D eigenvalue weighted by Gasteiger charge is 2.06. The van der Waals surface area contributed by atoms with E-state index in [1.165, 1.54) is 161 Å².